The minimum atomic E-state index is -0.802. The van der Waals surface area contributed by atoms with E-state index in [2.05, 4.69) is 6.08 Å². The number of Topliss-reactive ketones (excluding diaryl/α,β-unsaturated/α-hetero) is 1. The van der Waals surface area contributed by atoms with Gasteiger partial charge in [-0.2, -0.15) is 0 Å². The van der Waals surface area contributed by atoms with Crippen molar-refractivity contribution in [2.24, 2.45) is 17.8 Å². The molecule has 0 aromatic rings. The van der Waals surface area contributed by atoms with E-state index in [-0.39, 0.29) is 36.4 Å². The zero-order valence-corrected chi connectivity index (χ0v) is 15.2. The average Bonchev–Trinajstić information content (AvgIpc) is 2.89. The van der Waals surface area contributed by atoms with Crippen molar-refractivity contribution < 1.29 is 24.9 Å². The number of hydrogen-bond donors (Lipinski definition) is 3. The monoisotopic (exact) mass is 362 g/mol. The Morgan fingerprint density at radius 1 is 1.35 bits per heavy atom. The van der Waals surface area contributed by atoms with Crippen molar-refractivity contribution in [3.8, 4) is 0 Å². The zero-order chi connectivity index (χ0) is 18.9. The topological polar surface area (TPSA) is 94.8 Å². The molecule has 0 spiro atoms. The van der Waals surface area contributed by atoms with Crippen molar-refractivity contribution in [1.29, 1.82) is 0 Å². The molecule has 0 aromatic heterocycles. The maximum absolute atomic E-state index is 12.2. The molecule has 2 aliphatic carbocycles. The molecule has 0 heterocycles. The molecule has 144 valence electrons. The van der Waals surface area contributed by atoms with E-state index < -0.39 is 18.2 Å². The summed E-state index contributed by atoms with van der Waals surface area (Å²) in [7, 11) is 0. The highest BCUT2D eigenvalue weighted by Crippen LogP contribution is 2.34. The highest BCUT2D eigenvalue weighted by atomic mass is 16.4. The van der Waals surface area contributed by atoms with Gasteiger partial charge >= 0.3 is 5.97 Å². The average molecular weight is 362 g/mol. The minimum Gasteiger partial charge on any atom is -0.481 e. The van der Waals surface area contributed by atoms with Gasteiger partial charge in [-0.3, -0.25) is 9.59 Å². The summed E-state index contributed by atoms with van der Waals surface area (Å²) in [6, 6.07) is 0. The number of aliphatic hydroxyl groups excluding tert-OH is 2. The van der Waals surface area contributed by atoms with E-state index in [4.69, 9.17) is 5.11 Å². The highest BCUT2D eigenvalue weighted by Gasteiger charge is 2.39. The summed E-state index contributed by atoms with van der Waals surface area (Å²) in [6.07, 6.45) is 15.4. The Bertz CT molecular complexity index is 563. The Hall–Kier alpha value is -1.72. The van der Waals surface area contributed by atoms with Crippen LogP contribution in [0, 0.1) is 17.8 Å². The lowest BCUT2D eigenvalue weighted by Crippen LogP contribution is -2.21. The van der Waals surface area contributed by atoms with Crippen molar-refractivity contribution in [2.45, 2.75) is 63.6 Å². The van der Waals surface area contributed by atoms with Crippen LogP contribution >= 0.6 is 0 Å². The molecule has 0 aromatic carbocycles. The third-order valence-corrected chi connectivity index (χ3v) is 5.31. The summed E-state index contributed by atoms with van der Waals surface area (Å²) in [5.41, 5.74) is 0. The van der Waals surface area contributed by atoms with Crippen LogP contribution in [-0.2, 0) is 9.59 Å². The van der Waals surface area contributed by atoms with Gasteiger partial charge in [-0.15, -0.1) is 0 Å². The van der Waals surface area contributed by atoms with Gasteiger partial charge in [0.25, 0.3) is 0 Å². The van der Waals surface area contributed by atoms with Gasteiger partial charge in [0, 0.05) is 30.6 Å². The molecule has 2 aliphatic rings. The van der Waals surface area contributed by atoms with E-state index in [1.807, 2.05) is 24.3 Å². The molecule has 5 nitrogen and oxygen atoms in total. The first-order valence-electron chi connectivity index (χ1n) is 9.59. The second kappa shape index (κ2) is 10.4. The Kier molecular flexibility index (Phi) is 8.26. The van der Waals surface area contributed by atoms with Crippen LogP contribution in [0.2, 0.25) is 0 Å². The van der Waals surface area contributed by atoms with Crippen LogP contribution in [0.3, 0.4) is 0 Å². The molecule has 0 radical (unpaired) electrons. The molecule has 2 rings (SSSR count). The molecule has 5 atom stereocenters. The zero-order valence-electron chi connectivity index (χ0n) is 15.2. The Balaban J connectivity index is 1.88. The molecule has 1 saturated carbocycles. The van der Waals surface area contributed by atoms with Crippen LogP contribution in [0.25, 0.3) is 0 Å². The minimum absolute atomic E-state index is 0.0504. The van der Waals surface area contributed by atoms with Gasteiger partial charge in [0.05, 0.1) is 12.2 Å². The standard InChI is InChI=1S/C21H30O5/c22-18(15-8-4-3-5-9-15)13-12-17-16(19(23)14-20(17)24)10-6-1-2-7-11-21(25)26/h1,4,6,8,12-13,15-18,20,22,24H,2-3,5,7,9-11,14H2,(H,25,26)/b6-1-,13-12+/t15?,16-,17-,18?,20-/m1/s1. The number of carbonyl (C=O) groups is 2. The summed E-state index contributed by atoms with van der Waals surface area (Å²) >= 11 is 0. The second-order valence-corrected chi connectivity index (χ2v) is 7.31. The predicted octanol–water partition coefficient (Wildman–Crippen LogP) is 3.03. The van der Waals surface area contributed by atoms with Gasteiger partial charge in [0.15, 0.2) is 0 Å². The Morgan fingerprint density at radius 3 is 2.85 bits per heavy atom. The molecule has 0 aliphatic heterocycles. The maximum Gasteiger partial charge on any atom is 0.303 e. The number of allylic oxidation sites excluding steroid dienone is 3. The highest BCUT2D eigenvalue weighted by molar-refractivity contribution is 5.84. The SMILES string of the molecule is O=C(O)CCC/C=C\C[C@H]1C(=O)C[C@@H](O)[C@@H]1/C=C/C(O)C1C=CCCC1. The van der Waals surface area contributed by atoms with Crippen molar-refractivity contribution >= 4 is 11.8 Å². The number of aliphatic carboxylic acids is 1. The molecular formula is C21H30O5. The molecule has 5 heteroatoms. The van der Waals surface area contributed by atoms with Gasteiger partial charge in [0.2, 0.25) is 0 Å². The Labute approximate surface area is 155 Å². The van der Waals surface area contributed by atoms with Crippen LogP contribution in [0.4, 0.5) is 0 Å². The van der Waals surface area contributed by atoms with Crippen LogP contribution < -0.4 is 0 Å². The van der Waals surface area contributed by atoms with E-state index in [1.54, 1.807) is 6.08 Å². The van der Waals surface area contributed by atoms with E-state index in [9.17, 15) is 19.8 Å². The van der Waals surface area contributed by atoms with Gasteiger partial charge in [0.1, 0.15) is 5.78 Å². The van der Waals surface area contributed by atoms with Crippen molar-refractivity contribution in [3.05, 3.63) is 36.5 Å². The maximum atomic E-state index is 12.2. The number of rotatable bonds is 9. The lowest BCUT2D eigenvalue weighted by Gasteiger charge is -2.21. The summed E-state index contributed by atoms with van der Waals surface area (Å²) in [4.78, 5) is 22.6. The van der Waals surface area contributed by atoms with Crippen LogP contribution in [-0.4, -0.2) is 39.3 Å². The largest absolute Gasteiger partial charge is 0.481 e. The van der Waals surface area contributed by atoms with Crippen molar-refractivity contribution in [3.63, 3.8) is 0 Å². The molecule has 2 unspecified atom stereocenters. The van der Waals surface area contributed by atoms with E-state index in [0.29, 0.717) is 19.3 Å². The third-order valence-electron chi connectivity index (χ3n) is 5.31. The number of aliphatic hydroxyl groups is 2. The van der Waals surface area contributed by atoms with Crippen LogP contribution in [0.1, 0.15) is 51.4 Å². The van der Waals surface area contributed by atoms with E-state index in [1.165, 1.54) is 0 Å². The summed E-state index contributed by atoms with van der Waals surface area (Å²) in [5, 5.41) is 29.1. The second-order valence-electron chi connectivity index (χ2n) is 7.31. The first kappa shape index (κ1) is 20.6. The quantitative estimate of drug-likeness (QED) is 0.433. The lowest BCUT2D eigenvalue weighted by atomic mass is 9.87. The van der Waals surface area contributed by atoms with Crippen molar-refractivity contribution in [1.82, 2.24) is 0 Å². The number of unbranched alkanes of at least 4 members (excludes halogenated alkanes) is 1. The van der Waals surface area contributed by atoms with Gasteiger partial charge < -0.3 is 15.3 Å². The number of carboxylic acid groups (broad SMARTS) is 1. The first-order chi connectivity index (χ1) is 12.5. The molecule has 0 amide bonds. The molecule has 0 bridgehead atoms. The van der Waals surface area contributed by atoms with E-state index in [0.717, 1.165) is 19.3 Å². The van der Waals surface area contributed by atoms with Gasteiger partial charge in [-0.1, -0.05) is 36.5 Å². The molecule has 26 heavy (non-hydrogen) atoms. The molecule has 0 saturated heterocycles. The molecular weight excluding hydrogens is 332 g/mol. The van der Waals surface area contributed by atoms with Gasteiger partial charge in [-0.05, 0) is 38.5 Å². The lowest BCUT2D eigenvalue weighted by molar-refractivity contribution is -0.137. The Morgan fingerprint density at radius 2 is 2.15 bits per heavy atom. The summed E-state index contributed by atoms with van der Waals surface area (Å²) < 4.78 is 0. The summed E-state index contributed by atoms with van der Waals surface area (Å²) in [5.74, 6) is -1.18. The first-order valence-corrected chi connectivity index (χ1v) is 9.59. The number of ketones is 1. The smallest absolute Gasteiger partial charge is 0.303 e. The molecule has 3 N–H and O–H groups in total. The third kappa shape index (κ3) is 6.22. The number of carboxylic acids is 1. The predicted molar refractivity (Wildman–Crippen MR) is 99.5 cm³/mol. The number of carbonyl (C=O) groups excluding carboxylic acids is 1. The fourth-order valence-electron chi connectivity index (χ4n) is 3.77. The van der Waals surface area contributed by atoms with Crippen LogP contribution in [0.5, 0.6) is 0 Å². The normalized spacial score (nSPS) is 30.5. The fraction of sp³-hybridized carbons (Fsp3) is 0.619. The van der Waals surface area contributed by atoms with Gasteiger partial charge in [-0.25, -0.2) is 0 Å². The van der Waals surface area contributed by atoms with E-state index >= 15 is 0 Å². The molecule has 1 fully saturated rings. The summed E-state index contributed by atoms with van der Waals surface area (Å²) in [6.45, 7) is 0. The fourth-order valence-corrected chi connectivity index (χ4v) is 3.77. The van der Waals surface area contributed by atoms with Crippen LogP contribution in [0.15, 0.2) is 36.5 Å². The van der Waals surface area contributed by atoms with Crippen molar-refractivity contribution in [2.75, 3.05) is 0 Å². The number of hydrogen-bond acceptors (Lipinski definition) is 4.